The molecular weight excluding hydrogens is 271 g/mol. The van der Waals surface area contributed by atoms with Crippen molar-refractivity contribution in [2.75, 3.05) is 5.73 Å². The van der Waals surface area contributed by atoms with E-state index in [1.165, 1.54) is 30.5 Å². The third kappa shape index (κ3) is 3.39. The molecule has 0 radical (unpaired) electrons. The van der Waals surface area contributed by atoms with Crippen molar-refractivity contribution >= 4 is 5.82 Å². The van der Waals surface area contributed by atoms with Crippen LogP contribution in [0.3, 0.4) is 0 Å². The van der Waals surface area contributed by atoms with Gasteiger partial charge < -0.3 is 16.2 Å². The maximum Gasteiger partial charge on any atom is 0.573 e. The van der Waals surface area contributed by atoms with Crippen molar-refractivity contribution in [3.05, 3.63) is 53.7 Å². The molecule has 4 nitrogen and oxygen atoms in total. The van der Waals surface area contributed by atoms with Gasteiger partial charge in [-0.1, -0.05) is 18.2 Å². The molecule has 0 saturated heterocycles. The Bertz CT molecular complexity index is 584. The second kappa shape index (κ2) is 5.38. The Kier molecular flexibility index (Phi) is 3.80. The highest BCUT2D eigenvalue weighted by molar-refractivity contribution is 5.45. The number of nitrogens with zero attached hydrogens (tertiary/aromatic N) is 1. The summed E-state index contributed by atoms with van der Waals surface area (Å²) in [5, 5.41) is 0. The molecule has 4 N–H and O–H groups in total. The van der Waals surface area contributed by atoms with Gasteiger partial charge in [0.05, 0.1) is 6.04 Å². The summed E-state index contributed by atoms with van der Waals surface area (Å²) in [6.45, 7) is 0. The van der Waals surface area contributed by atoms with Crippen LogP contribution in [0.25, 0.3) is 0 Å². The van der Waals surface area contributed by atoms with E-state index < -0.39 is 12.4 Å². The third-order valence-electron chi connectivity index (χ3n) is 2.68. The van der Waals surface area contributed by atoms with Gasteiger partial charge in [-0.3, -0.25) is 0 Å². The van der Waals surface area contributed by atoms with Gasteiger partial charge >= 0.3 is 6.36 Å². The molecule has 2 rings (SSSR count). The number of benzene rings is 1. The molecule has 0 unspecified atom stereocenters. The summed E-state index contributed by atoms with van der Waals surface area (Å²) in [5.41, 5.74) is 12.9. The van der Waals surface area contributed by atoms with E-state index in [1.807, 2.05) is 0 Å². The molecule has 0 aliphatic rings. The minimum absolute atomic E-state index is 0.288. The number of nitrogens with two attached hydrogens (primary N) is 2. The molecule has 7 heteroatoms. The van der Waals surface area contributed by atoms with Crippen molar-refractivity contribution < 1.29 is 17.9 Å². The van der Waals surface area contributed by atoms with Crippen LogP contribution >= 0.6 is 0 Å². The van der Waals surface area contributed by atoms with Crippen molar-refractivity contribution in [3.63, 3.8) is 0 Å². The third-order valence-corrected chi connectivity index (χ3v) is 2.68. The summed E-state index contributed by atoms with van der Waals surface area (Å²) in [5.74, 6) is -0.0109. The highest BCUT2D eigenvalue weighted by atomic mass is 19.4. The fourth-order valence-corrected chi connectivity index (χ4v) is 1.75. The van der Waals surface area contributed by atoms with Gasteiger partial charge in [0.25, 0.3) is 0 Å². The van der Waals surface area contributed by atoms with E-state index in [1.54, 1.807) is 12.1 Å². The summed E-state index contributed by atoms with van der Waals surface area (Å²) in [6.07, 6.45) is -3.18. The minimum atomic E-state index is -4.71. The standard InChI is InChI=1S/C13H12F3N3O/c14-13(15,16)20-9-5-3-8(4-6-9)11(17)10-2-1-7-19-12(10)18/h1-7,11H,17H2,(H2,18,19)/t11-/m1/s1. The summed E-state index contributed by atoms with van der Waals surface area (Å²) < 4.78 is 39.9. The van der Waals surface area contributed by atoms with E-state index in [-0.39, 0.29) is 11.6 Å². The van der Waals surface area contributed by atoms with E-state index >= 15 is 0 Å². The molecule has 1 aromatic heterocycles. The van der Waals surface area contributed by atoms with Crippen molar-refractivity contribution in [1.29, 1.82) is 0 Å². The van der Waals surface area contributed by atoms with Gasteiger partial charge in [0.15, 0.2) is 0 Å². The molecule has 106 valence electrons. The molecule has 0 aliphatic heterocycles. The Balaban J connectivity index is 2.20. The Labute approximate surface area is 113 Å². The molecule has 0 bridgehead atoms. The maximum absolute atomic E-state index is 12.0. The summed E-state index contributed by atoms with van der Waals surface area (Å²) >= 11 is 0. The summed E-state index contributed by atoms with van der Waals surface area (Å²) in [4.78, 5) is 3.92. The maximum atomic E-state index is 12.0. The van der Waals surface area contributed by atoms with E-state index in [0.717, 1.165) is 0 Å². The highest BCUT2D eigenvalue weighted by Crippen LogP contribution is 2.27. The number of hydrogen-bond acceptors (Lipinski definition) is 4. The van der Waals surface area contributed by atoms with E-state index in [4.69, 9.17) is 11.5 Å². The fraction of sp³-hybridized carbons (Fsp3) is 0.154. The number of alkyl halides is 3. The Morgan fingerprint density at radius 2 is 1.75 bits per heavy atom. The Hall–Kier alpha value is -2.28. The van der Waals surface area contributed by atoms with Gasteiger partial charge in [-0.05, 0) is 23.8 Å². The Morgan fingerprint density at radius 1 is 1.10 bits per heavy atom. The van der Waals surface area contributed by atoms with Crippen LogP contribution in [-0.2, 0) is 0 Å². The lowest BCUT2D eigenvalue weighted by atomic mass is 10.0. The summed E-state index contributed by atoms with van der Waals surface area (Å²) in [7, 11) is 0. The van der Waals surface area contributed by atoms with Gasteiger partial charge in [-0.25, -0.2) is 4.98 Å². The molecule has 20 heavy (non-hydrogen) atoms. The zero-order valence-corrected chi connectivity index (χ0v) is 10.3. The Morgan fingerprint density at radius 3 is 2.30 bits per heavy atom. The predicted molar refractivity (Wildman–Crippen MR) is 67.8 cm³/mol. The van der Waals surface area contributed by atoms with Crippen LogP contribution < -0.4 is 16.2 Å². The summed E-state index contributed by atoms with van der Waals surface area (Å²) in [6, 6.07) is 8.16. The van der Waals surface area contributed by atoms with Crippen molar-refractivity contribution in [2.45, 2.75) is 12.4 Å². The van der Waals surface area contributed by atoms with Gasteiger partial charge in [-0.2, -0.15) is 0 Å². The molecule has 1 atom stereocenters. The lowest BCUT2D eigenvalue weighted by molar-refractivity contribution is -0.274. The fourth-order valence-electron chi connectivity index (χ4n) is 1.75. The van der Waals surface area contributed by atoms with Gasteiger partial charge in [-0.15, -0.1) is 13.2 Å². The molecule has 1 heterocycles. The monoisotopic (exact) mass is 283 g/mol. The number of rotatable bonds is 3. The first-order valence-corrected chi connectivity index (χ1v) is 5.68. The minimum Gasteiger partial charge on any atom is -0.406 e. The van der Waals surface area contributed by atoms with E-state index in [9.17, 15) is 13.2 Å². The van der Waals surface area contributed by atoms with Crippen LogP contribution in [0, 0.1) is 0 Å². The molecular formula is C13H12F3N3O. The molecule has 0 fully saturated rings. The number of hydrogen-bond donors (Lipinski definition) is 2. The van der Waals surface area contributed by atoms with Gasteiger partial charge in [0.2, 0.25) is 0 Å². The normalized spacial score (nSPS) is 13.0. The van der Waals surface area contributed by atoms with Crippen LogP contribution in [0.5, 0.6) is 5.75 Å². The number of ether oxygens (including phenoxy) is 1. The predicted octanol–water partition coefficient (Wildman–Crippen LogP) is 2.61. The van der Waals surface area contributed by atoms with Crippen LogP contribution in [0.15, 0.2) is 42.6 Å². The number of pyridine rings is 1. The molecule has 0 saturated carbocycles. The second-order valence-corrected chi connectivity index (χ2v) is 4.07. The van der Waals surface area contributed by atoms with Gasteiger partial charge in [0, 0.05) is 11.8 Å². The molecule has 1 aromatic carbocycles. The highest BCUT2D eigenvalue weighted by Gasteiger charge is 2.31. The lowest BCUT2D eigenvalue weighted by Crippen LogP contribution is -2.17. The number of halogens is 3. The smallest absolute Gasteiger partial charge is 0.406 e. The molecule has 0 amide bonds. The molecule has 2 aromatic rings. The average molecular weight is 283 g/mol. The number of aromatic nitrogens is 1. The van der Waals surface area contributed by atoms with E-state index in [0.29, 0.717) is 11.1 Å². The van der Waals surface area contributed by atoms with Crippen LogP contribution in [0.4, 0.5) is 19.0 Å². The second-order valence-electron chi connectivity index (χ2n) is 4.07. The largest absolute Gasteiger partial charge is 0.573 e. The quantitative estimate of drug-likeness (QED) is 0.908. The van der Waals surface area contributed by atoms with Gasteiger partial charge in [0.1, 0.15) is 11.6 Å². The van der Waals surface area contributed by atoms with Crippen molar-refractivity contribution in [3.8, 4) is 5.75 Å². The van der Waals surface area contributed by atoms with Crippen LogP contribution in [-0.4, -0.2) is 11.3 Å². The first-order chi connectivity index (χ1) is 9.37. The zero-order chi connectivity index (χ0) is 14.8. The lowest BCUT2D eigenvalue weighted by Gasteiger charge is -2.15. The van der Waals surface area contributed by atoms with E-state index in [2.05, 4.69) is 9.72 Å². The topological polar surface area (TPSA) is 74.2 Å². The van der Waals surface area contributed by atoms with Crippen LogP contribution in [0.1, 0.15) is 17.2 Å². The van der Waals surface area contributed by atoms with Crippen molar-refractivity contribution in [1.82, 2.24) is 4.98 Å². The first kappa shape index (κ1) is 14.1. The first-order valence-electron chi connectivity index (χ1n) is 5.68. The SMILES string of the molecule is Nc1ncccc1[C@H](N)c1ccc(OC(F)(F)F)cc1. The number of nitrogen functional groups attached to an aromatic ring is 1. The molecule has 0 spiro atoms. The number of anilines is 1. The van der Waals surface area contributed by atoms with Crippen LogP contribution in [0.2, 0.25) is 0 Å². The van der Waals surface area contributed by atoms with Crippen molar-refractivity contribution in [2.24, 2.45) is 5.73 Å². The average Bonchev–Trinajstić information content (AvgIpc) is 2.37. The zero-order valence-electron chi connectivity index (χ0n) is 10.3. The molecule has 0 aliphatic carbocycles.